The van der Waals surface area contributed by atoms with Gasteiger partial charge in [-0.15, -0.1) is 12.4 Å². The average molecular weight is 267 g/mol. The van der Waals surface area contributed by atoms with E-state index in [0.29, 0.717) is 0 Å². The first-order chi connectivity index (χ1) is 8.33. The fraction of sp³-hybridized carbons (Fsp3) is 0.538. The summed E-state index contributed by atoms with van der Waals surface area (Å²) in [6, 6.07) is 4.12. The Balaban J connectivity index is 0.00000120. The topological polar surface area (TPSA) is 42.2 Å². The standard InChI is InChI=1S/C13H18N4.ClH/c1-10-7-13-15-6-4-12(17(13)16-10)8-11-3-2-5-14-9-11;/h4,6-7,11,14H,2-3,5,8-9H2,1H3;1H. The molecule has 3 rings (SSSR count). The van der Waals surface area contributed by atoms with Crippen molar-refractivity contribution in [1.82, 2.24) is 19.9 Å². The molecule has 0 aliphatic carbocycles. The normalized spacial score (nSPS) is 19.7. The number of nitrogens with zero attached hydrogens (tertiary/aromatic N) is 3. The predicted molar refractivity (Wildman–Crippen MR) is 74.3 cm³/mol. The van der Waals surface area contributed by atoms with E-state index >= 15 is 0 Å². The minimum Gasteiger partial charge on any atom is -0.316 e. The lowest BCUT2D eigenvalue weighted by atomic mass is 9.94. The fourth-order valence-corrected chi connectivity index (χ4v) is 2.61. The van der Waals surface area contributed by atoms with Crippen LogP contribution in [0.5, 0.6) is 0 Å². The van der Waals surface area contributed by atoms with Gasteiger partial charge in [0.15, 0.2) is 5.65 Å². The summed E-state index contributed by atoms with van der Waals surface area (Å²) in [5.74, 6) is 0.735. The second-order valence-electron chi connectivity index (χ2n) is 4.91. The molecule has 0 radical (unpaired) electrons. The molecule has 1 fully saturated rings. The quantitative estimate of drug-likeness (QED) is 0.904. The van der Waals surface area contributed by atoms with Gasteiger partial charge in [0.05, 0.1) is 5.69 Å². The van der Waals surface area contributed by atoms with Gasteiger partial charge in [0.1, 0.15) is 0 Å². The molecule has 0 amide bonds. The smallest absolute Gasteiger partial charge is 0.155 e. The van der Waals surface area contributed by atoms with Crippen molar-refractivity contribution in [2.75, 3.05) is 13.1 Å². The highest BCUT2D eigenvalue weighted by molar-refractivity contribution is 5.85. The van der Waals surface area contributed by atoms with Crippen LogP contribution in [0.2, 0.25) is 0 Å². The summed E-state index contributed by atoms with van der Waals surface area (Å²) in [6.45, 7) is 4.31. The van der Waals surface area contributed by atoms with Crippen LogP contribution < -0.4 is 5.32 Å². The molecular weight excluding hydrogens is 248 g/mol. The van der Waals surface area contributed by atoms with Gasteiger partial charge in [-0.1, -0.05) is 0 Å². The third kappa shape index (κ3) is 2.65. The van der Waals surface area contributed by atoms with Crippen LogP contribution in [-0.2, 0) is 6.42 Å². The van der Waals surface area contributed by atoms with Gasteiger partial charge >= 0.3 is 0 Å². The van der Waals surface area contributed by atoms with Crippen molar-refractivity contribution in [1.29, 1.82) is 0 Å². The molecule has 0 saturated carbocycles. The van der Waals surface area contributed by atoms with Crippen LogP contribution in [-0.4, -0.2) is 27.7 Å². The van der Waals surface area contributed by atoms with E-state index in [-0.39, 0.29) is 12.4 Å². The minimum atomic E-state index is 0. The Bertz CT molecular complexity index is 517. The average Bonchev–Trinajstić information content (AvgIpc) is 2.72. The molecule has 18 heavy (non-hydrogen) atoms. The zero-order valence-corrected chi connectivity index (χ0v) is 11.4. The van der Waals surface area contributed by atoms with Crippen molar-refractivity contribution in [3.05, 3.63) is 29.7 Å². The molecular formula is C13H19ClN4. The highest BCUT2D eigenvalue weighted by Gasteiger charge is 2.15. The van der Waals surface area contributed by atoms with Gasteiger partial charge in [0.2, 0.25) is 0 Å². The number of halogens is 1. The Morgan fingerprint density at radius 3 is 3.17 bits per heavy atom. The van der Waals surface area contributed by atoms with E-state index in [4.69, 9.17) is 0 Å². The first kappa shape index (κ1) is 13.3. The molecule has 0 aromatic carbocycles. The molecule has 2 aromatic heterocycles. The van der Waals surface area contributed by atoms with Gasteiger partial charge < -0.3 is 5.32 Å². The summed E-state index contributed by atoms with van der Waals surface area (Å²) in [5.41, 5.74) is 3.27. The molecule has 1 aliphatic heterocycles. The highest BCUT2D eigenvalue weighted by atomic mass is 35.5. The van der Waals surface area contributed by atoms with Gasteiger partial charge in [-0.05, 0) is 51.3 Å². The summed E-state index contributed by atoms with van der Waals surface area (Å²) in [5, 5.41) is 7.98. The van der Waals surface area contributed by atoms with Gasteiger partial charge in [0.25, 0.3) is 0 Å². The molecule has 98 valence electrons. The first-order valence-electron chi connectivity index (χ1n) is 6.34. The van der Waals surface area contributed by atoms with E-state index in [1.807, 2.05) is 23.7 Å². The number of hydrogen-bond donors (Lipinski definition) is 1. The monoisotopic (exact) mass is 266 g/mol. The molecule has 0 bridgehead atoms. The predicted octanol–water partition coefficient (Wildman–Crippen LogP) is 2.00. The molecule has 1 atom stereocenters. The molecule has 0 spiro atoms. The van der Waals surface area contributed by atoms with Crippen molar-refractivity contribution in [2.24, 2.45) is 5.92 Å². The lowest BCUT2D eigenvalue weighted by Crippen LogP contribution is -2.31. The van der Waals surface area contributed by atoms with Crippen LogP contribution in [0.25, 0.3) is 5.65 Å². The Hall–Kier alpha value is -1.13. The minimum absolute atomic E-state index is 0. The number of fused-ring (bicyclic) bond motifs is 1. The summed E-state index contributed by atoms with van der Waals surface area (Å²) in [4.78, 5) is 4.34. The summed E-state index contributed by atoms with van der Waals surface area (Å²) < 4.78 is 1.99. The van der Waals surface area contributed by atoms with Gasteiger partial charge in [-0.25, -0.2) is 9.50 Å². The maximum atomic E-state index is 4.51. The third-order valence-electron chi connectivity index (χ3n) is 3.46. The zero-order valence-electron chi connectivity index (χ0n) is 10.6. The van der Waals surface area contributed by atoms with Crippen molar-refractivity contribution < 1.29 is 0 Å². The van der Waals surface area contributed by atoms with E-state index in [2.05, 4.69) is 21.5 Å². The maximum absolute atomic E-state index is 4.51. The van der Waals surface area contributed by atoms with Crippen molar-refractivity contribution in [3.8, 4) is 0 Å². The van der Waals surface area contributed by atoms with E-state index in [9.17, 15) is 0 Å². The lowest BCUT2D eigenvalue weighted by Gasteiger charge is -2.22. The Kier molecular flexibility index (Phi) is 4.19. The van der Waals surface area contributed by atoms with Crippen molar-refractivity contribution >= 4 is 18.1 Å². The SMILES string of the molecule is Cc1cc2nccc(CC3CCCNC3)n2n1.Cl. The third-order valence-corrected chi connectivity index (χ3v) is 3.46. The lowest BCUT2D eigenvalue weighted by molar-refractivity contribution is 0.371. The number of piperidine rings is 1. The Labute approximate surface area is 113 Å². The second kappa shape index (κ2) is 5.67. The van der Waals surface area contributed by atoms with Crippen LogP contribution in [0.4, 0.5) is 0 Å². The molecule has 1 unspecified atom stereocenters. The molecule has 4 nitrogen and oxygen atoms in total. The largest absolute Gasteiger partial charge is 0.316 e. The van der Waals surface area contributed by atoms with E-state index in [1.165, 1.54) is 25.1 Å². The van der Waals surface area contributed by atoms with Crippen LogP contribution in [0.15, 0.2) is 18.3 Å². The highest BCUT2D eigenvalue weighted by Crippen LogP contribution is 2.17. The Morgan fingerprint density at radius 1 is 1.50 bits per heavy atom. The molecule has 5 heteroatoms. The Morgan fingerprint density at radius 2 is 2.39 bits per heavy atom. The van der Waals surface area contributed by atoms with Crippen LogP contribution in [0.3, 0.4) is 0 Å². The van der Waals surface area contributed by atoms with Crippen molar-refractivity contribution in [3.63, 3.8) is 0 Å². The second-order valence-corrected chi connectivity index (χ2v) is 4.91. The number of rotatable bonds is 2. The van der Waals surface area contributed by atoms with Crippen molar-refractivity contribution in [2.45, 2.75) is 26.2 Å². The summed E-state index contributed by atoms with van der Waals surface area (Å²) >= 11 is 0. The van der Waals surface area contributed by atoms with E-state index in [0.717, 1.165) is 30.2 Å². The van der Waals surface area contributed by atoms with Gasteiger partial charge in [0, 0.05) is 18.0 Å². The maximum Gasteiger partial charge on any atom is 0.155 e. The summed E-state index contributed by atoms with van der Waals surface area (Å²) in [7, 11) is 0. The molecule has 3 heterocycles. The zero-order chi connectivity index (χ0) is 11.7. The van der Waals surface area contributed by atoms with Crippen LogP contribution in [0, 0.1) is 12.8 Å². The molecule has 2 aromatic rings. The molecule has 1 N–H and O–H groups in total. The van der Waals surface area contributed by atoms with Gasteiger partial charge in [-0.3, -0.25) is 0 Å². The molecule has 1 aliphatic rings. The van der Waals surface area contributed by atoms with E-state index < -0.39 is 0 Å². The fourth-order valence-electron chi connectivity index (χ4n) is 2.61. The molecule has 1 saturated heterocycles. The summed E-state index contributed by atoms with van der Waals surface area (Å²) in [6.07, 6.45) is 5.59. The number of aromatic nitrogens is 3. The van der Waals surface area contributed by atoms with E-state index in [1.54, 1.807) is 0 Å². The first-order valence-corrected chi connectivity index (χ1v) is 6.34. The number of nitrogens with one attached hydrogen (secondary N) is 1. The van der Waals surface area contributed by atoms with Gasteiger partial charge in [-0.2, -0.15) is 5.10 Å². The number of hydrogen-bond acceptors (Lipinski definition) is 3. The van der Waals surface area contributed by atoms with Crippen LogP contribution >= 0.6 is 12.4 Å². The number of aryl methyl sites for hydroxylation is 1. The van der Waals surface area contributed by atoms with Crippen LogP contribution in [0.1, 0.15) is 24.2 Å².